The van der Waals surface area contributed by atoms with Crippen LogP contribution in [0.2, 0.25) is 0 Å². The van der Waals surface area contributed by atoms with Gasteiger partial charge in [0.15, 0.2) is 0 Å². The first-order valence-electron chi connectivity index (χ1n) is 7.25. The average molecular weight is 288 g/mol. The molecular weight excluding hydrogens is 268 g/mol. The number of primary amides is 1. The van der Waals surface area contributed by atoms with Crippen LogP contribution in [-0.2, 0) is 0 Å². The Kier molecular flexibility index (Phi) is 3.55. The molecule has 2 saturated heterocycles. The number of nitrogens with one attached hydrogen (secondary N) is 2. The number of hydrogen-bond donors (Lipinski definition) is 3. The van der Waals surface area contributed by atoms with E-state index >= 15 is 0 Å². The molecule has 0 aromatic heterocycles. The molecule has 21 heavy (non-hydrogen) atoms. The standard InChI is InChI=1S/C15H20N4O2/c16-14(21)18-12-4-1-3-11(7-12)13(20)19-6-2-5-15(10-19)8-17-9-15/h1,3-4,7,17H,2,5-6,8-10H2,(H3,16,18,21). The van der Waals surface area contributed by atoms with Gasteiger partial charge in [-0.3, -0.25) is 4.79 Å². The zero-order valence-electron chi connectivity index (χ0n) is 11.9. The highest BCUT2D eigenvalue weighted by Gasteiger charge is 2.41. The lowest BCUT2D eigenvalue weighted by Gasteiger charge is -2.49. The van der Waals surface area contributed by atoms with Gasteiger partial charge in [0.05, 0.1) is 0 Å². The second kappa shape index (κ2) is 5.37. The van der Waals surface area contributed by atoms with E-state index in [0.29, 0.717) is 11.3 Å². The van der Waals surface area contributed by atoms with Crippen LogP contribution in [-0.4, -0.2) is 43.0 Å². The number of urea groups is 1. The van der Waals surface area contributed by atoms with Crippen LogP contribution in [0.1, 0.15) is 23.2 Å². The monoisotopic (exact) mass is 288 g/mol. The highest BCUT2D eigenvalue weighted by Crippen LogP contribution is 2.34. The Bertz CT molecular complexity index is 569. The molecule has 1 aromatic rings. The van der Waals surface area contributed by atoms with Gasteiger partial charge in [0.25, 0.3) is 5.91 Å². The second-order valence-electron chi connectivity index (χ2n) is 6.00. The number of amides is 3. The van der Waals surface area contributed by atoms with Crippen LogP contribution in [0.25, 0.3) is 0 Å². The normalized spacial score (nSPS) is 19.9. The average Bonchev–Trinajstić information content (AvgIpc) is 2.44. The van der Waals surface area contributed by atoms with Gasteiger partial charge in [-0.2, -0.15) is 0 Å². The number of likely N-dealkylation sites (tertiary alicyclic amines) is 1. The summed E-state index contributed by atoms with van der Waals surface area (Å²) < 4.78 is 0. The topological polar surface area (TPSA) is 87.5 Å². The van der Waals surface area contributed by atoms with Crippen LogP contribution >= 0.6 is 0 Å². The summed E-state index contributed by atoms with van der Waals surface area (Å²) in [5.41, 5.74) is 6.51. The number of piperidine rings is 1. The zero-order chi connectivity index (χ0) is 14.9. The van der Waals surface area contributed by atoms with Crippen molar-refractivity contribution in [3.8, 4) is 0 Å². The van der Waals surface area contributed by atoms with Crippen molar-refractivity contribution in [2.45, 2.75) is 12.8 Å². The number of rotatable bonds is 2. The summed E-state index contributed by atoms with van der Waals surface area (Å²) in [6.45, 7) is 3.61. The maximum Gasteiger partial charge on any atom is 0.316 e. The first-order valence-corrected chi connectivity index (χ1v) is 7.25. The fourth-order valence-corrected chi connectivity index (χ4v) is 3.20. The third-order valence-electron chi connectivity index (χ3n) is 4.33. The largest absolute Gasteiger partial charge is 0.351 e. The Hall–Kier alpha value is -2.08. The van der Waals surface area contributed by atoms with Crippen molar-refractivity contribution < 1.29 is 9.59 Å². The summed E-state index contributed by atoms with van der Waals surface area (Å²) in [5, 5.41) is 5.80. The smallest absolute Gasteiger partial charge is 0.316 e. The highest BCUT2D eigenvalue weighted by molar-refractivity contribution is 5.96. The molecule has 2 aliphatic rings. The Morgan fingerprint density at radius 1 is 1.33 bits per heavy atom. The van der Waals surface area contributed by atoms with Gasteiger partial charge in [0.1, 0.15) is 0 Å². The molecule has 6 heteroatoms. The number of nitrogens with two attached hydrogens (primary N) is 1. The first-order chi connectivity index (χ1) is 10.1. The van der Waals surface area contributed by atoms with Crippen molar-refractivity contribution in [3.05, 3.63) is 29.8 Å². The number of nitrogens with zero attached hydrogens (tertiary/aromatic N) is 1. The summed E-state index contributed by atoms with van der Waals surface area (Å²) in [5.74, 6) is 0.0223. The summed E-state index contributed by atoms with van der Waals surface area (Å²) in [6, 6.07) is 6.29. The van der Waals surface area contributed by atoms with Gasteiger partial charge in [0, 0.05) is 42.8 Å². The predicted octanol–water partition coefficient (Wildman–Crippen LogP) is 1.00. The van der Waals surface area contributed by atoms with Crippen LogP contribution < -0.4 is 16.4 Å². The van der Waals surface area contributed by atoms with E-state index in [-0.39, 0.29) is 11.3 Å². The third kappa shape index (κ3) is 2.85. The molecule has 6 nitrogen and oxygen atoms in total. The minimum absolute atomic E-state index is 0.0223. The van der Waals surface area contributed by atoms with Gasteiger partial charge >= 0.3 is 6.03 Å². The van der Waals surface area contributed by atoms with Gasteiger partial charge in [-0.15, -0.1) is 0 Å². The summed E-state index contributed by atoms with van der Waals surface area (Å²) >= 11 is 0. The molecule has 0 saturated carbocycles. The van der Waals surface area contributed by atoms with E-state index in [0.717, 1.165) is 32.6 Å². The third-order valence-corrected chi connectivity index (χ3v) is 4.33. The second-order valence-corrected chi connectivity index (χ2v) is 6.00. The maximum absolute atomic E-state index is 12.6. The minimum Gasteiger partial charge on any atom is -0.351 e. The Balaban J connectivity index is 1.73. The van der Waals surface area contributed by atoms with E-state index in [4.69, 9.17) is 5.73 Å². The van der Waals surface area contributed by atoms with E-state index < -0.39 is 6.03 Å². The molecule has 1 aromatic carbocycles. The molecule has 3 amide bonds. The van der Waals surface area contributed by atoms with Crippen LogP contribution in [0.15, 0.2) is 24.3 Å². The highest BCUT2D eigenvalue weighted by atomic mass is 16.2. The van der Waals surface area contributed by atoms with Gasteiger partial charge in [-0.05, 0) is 31.0 Å². The molecule has 1 spiro atoms. The van der Waals surface area contributed by atoms with E-state index in [9.17, 15) is 9.59 Å². The minimum atomic E-state index is -0.628. The SMILES string of the molecule is NC(=O)Nc1cccc(C(=O)N2CCCC3(CNC3)C2)c1. The number of hydrogen-bond acceptors (Lipinski definition) is 3. The van der Waals surface area contributed by atoms with Crippen molar-refractivity contribution in [2.24, 2.45) is 11.1 Å². The van der Waals surface area contributed by atoms with E-state index in [1.807, 2.05) is 4.90 Å². The van der Waals surface area contributed by atoms with Crippen molar-refractivity contribution >= 4 is 17.6 Å². The number of carbonyl (C=O) groups is 2. The molecule has 0 bridgehead atoms. The van der Waals surface area contributed by atoms with E-state index in [1.54, 1.807) is 24.3 Å². The first kappa shape index (κ1) is 13.9. The van der Waals surface area contributed by atoms with Crippen molar-refractivity contribution in [1.82, 2.24) is 10.2 Å². The molecule has 112 valence electrons. The fourth-order valence-electron chi connectivity index (χ4n) is 3.20. The van der Waals surface area contributed by atoms with Crippen molar-refractivity contribution in [1.29, 1.82) is 0 Å². The predicted molar refractivity (Wildman–Crippen MR) is 80.1 cm³/mol. The van der Waals surface area contributed by atoms with Crippen LogP contribution in [0, 0.1) is 5.41 Å². The Labute approximate surface area is 123 Å². The zero-order valence-corrected chi connectivity index (χ0v) is 11.9. The van der Waals surface area contributed by atoms with Gasteiger partial charge < -0.3 is 21.3 Å². The van der Waals surface area contributed by atoms with Crippen molar-refractivity contribution in [2.75, 3.05) is 31.5 Å². The molecule has 3 rings (SSSR count). The van der Waals surface area contributed by atoms with Crippen LogP contribution in [0.3, 0.4) is 0 Å². The molecule has 0 aliphatic carbocycles. The van der Waals surface area contributed by atoms with Gasteiger partial charge in [-0.25, -0.2) is 4.79 Å². The fraction of sp³-hybridized carbons (Fsp3) is 0.467. The number of benzene rings is 1. The quantitative estimate of drug-likeness (QED) is 0.758. The van der Waals surface area contributed by atoms with E-state index in [2.05, 4.69) is 10.6 Å². The number of anilines is 1. The summed E-state index contributed by atoms with van der Waals surface area (Å²) in [6.07, 6.45) is 2.24. The van der Waals surface area contributed by atoms with Crippen LogP contribution in [0.5, 0.6) is 0 Å². The van der Waals surface area contributed by atoms with Gasteiger partial charge in [-0.1, -0.05) is 6.07 Å². The molecule has 2 heterocycles. The maximum atomic E-state index is 12.6. The van der Waals surface area contributed by atoms with Crippen LogP contribution in [0.4, 0.5) is 10.5 Å². The lowest BCUT2D eigenvalue weighted by molar-refractivity contribution is 0.0321. The van der Waals surface area contributed by atoms with Crippen molar-refractivity contribution in [3.63, 3.8) is 0 Å². The summed E-state index contributed by atoms with van der Waals surface area (Å²) in [4.78, 5) is 25.4. The summed E-state index contributed by atoms with van der Waals surface area (Å²) in [7, 11) is 0. The molecule has 2 aliphatic heterocycles. The Morgan fingerprint density at radius 2 is 2.14 bits per heavy atom. The molecular formula is C15H20N4O2. The molecule has 0 unspecified atom stereocenters. The molecule has 0 radical (unpaired) electrons. The molecule has 4 N–H and O–H groups in total. The lowest BCUT2D eigenvalue weighted by Crippen LogP contribution is -2.61. The van der Waals surface area contributed by atoms with Gasteiger partial charge in [0.2, 0.25) is 0 Å². The number of carbonyl (C=O) groups excluding carboxylic acids is 2. The van der Waals surface area contributed by atoms with E-state index in [1.165, 1.54) is 6.42 Å². The molecule has 0 atom stereocenters. The lowest BCUT2D eigenvalue weighted by atomic mass is 9.75. The Morgan fingerprint density at radius 3 is 2.81 bits per heavy atom. The molecule has 2 fully saturated rings.